The van der Waals surface area contributed by atoms with E-state index < -0.39 is 42.1 Å². The standard InChI is InChI=1S/C24H23F3N2O5/c25-24(26,27)19(20(30)28-13-23(21(31)32)10-5-11-23)29-22(33)34-12-18-16-8-3-1-6-14(16)15-7-2-4-9-17(15)18/h1-4,6-9,18-19H,5,10-13H2,(H,28,30)(H,29,33)(H,31,32). The van der Waals surface area contributed by atoms with Crippen LogP contribution in [0, 0.1) is 5.41 Å². The first-order valence-corrected chi connectivity index (χ1v) is 10.8. The number of ether oxygens (including phenoxy) is 1. The number of carbonyl (C=O) groups is 3. The number of carboxylic acid groups (broad SMARTS) is 1. The van der Waals surface area contributed by atoms with Gasteiger partial charge in [-0.05, 0) is 35.1 Å². The van der Waals surface area contributed by atoms with E-state index in [4.69, 9.17) is 4.74 Å². The minimum absolute atomic E-state index is 0.214. The summed E-state index contributed by atoms with van der Waals surface area (Å²) in [4.78, 5) is 35.9. The number of alkyl halides is 3. The highest BCUT2D eigenvalue weighted by atomic mass is 19.4. The average Bonchev–Trinajstić information content (AvgIpc) is 3.08. The van der Waals surface area contributed by atoms with Gasteiger partial charge in [0.05, 0.1) is 5.41 Å². The van der Waals surface area contributed by atoms with Crippen molar-refractivity contribution in [3.63, 3.8) is 0 Å². The number of benzene rings is 2. The molecule has 2 aromatic rings. The number of fused-ring (bicyclic) bond motifs is 3. The predicted molar refractivity (Wildman–Crippen MR) is 115 cm³/mol. The summed E-state index contributed by atoms with van der Waals surface area (Å²) in [6.45, 7) is -0.658. The molecule has 1 fully saturated rings. The van der Waals surface area contributed by atoms with Crippen LogP contribution in [0.3, 0.4) is 0 Å². The first-order chi connectivity index (χ1) is 16.1. The number of alkyl carbamates (subject to hydrolysis) is 1. The number of amides is 2. The van der Waals surface area contributed by atoms with Crippen LogP contribution in [0.2, 0.25) is 0 Å². The maximum atomic E-state index is 13.5. The number of aliphatic carboxylic acids is 1. The Morgan fingerprint density at radius 3 is 2.06 bits per heavy atom. The van der Waals surface area contributed by atoms with Crippen LogP contribution in [-0.4, -0.2) is 48.4 Å². The van der Waals surface area contributed by atoms with Crippen molar-refractivity contribution in [3.8, 4) is 11.1 Å². The lowest BCUT2D eigenvalue weighted by atomic mass is 9.69. The Kier molecular flexibility index (Phi) is 6.24. The third-order valence-electron chi connectivity index (χ3n) is 6.56. The van der Waals surface area contributed by atoms with E-state index in [9.17, 15) is 32.7 Å². The zero-order valence-electron chi connectivity index (χ0n) is 18.0. The predicted octanol–water partition coefficient (Wildman–Crippen LogP) is 3.83. The molecular formula is C24H23F3N2O5. The Bertz CT molecular complexity index is 1070. The molecule has 10 heteroatoms. The SMILES string of the molecule is O=C(NC(C(=O)NCC1(C(=O)O)CCC1)C(F)(F)F)OCC1c2ccccc2-c2ccccc21. The summed E-state index contributed by atoms with van der Waals surface area (Å²) in [7, 11) is 0. The van der Waals surface area contributed by atoms with Crippen molar-refractivity contribution in [2.45, 2.75) is 37.4 Å². The van der Waals surface area contributed by atoms with Crippen LogP contribution in [-0.2, 0) is 14.3 Å². The van der Waals surface area contributed by atoms with Crippen molar-refractivity contribution >= 4 is 18.0 Å². The Labute approximate surface area is 193 Å². The number of halogens is 3. The van der Waals surface area contributed by atoms with Crippen molar-refractivity contribution < 1.29 is 37.4 Å². The summed E-state index contributed by atoms with van der Waals surface area (Å²) < 4.78 is 45.6. The molecule has 4 rings (SSSR count). The molecule has 0 saturated heterocycles. The molecule has 0 spiro atoms. The Morgan fingerprint density at radius 1 is 1.03 bits per heavy atom. The number of rotatable bonds is 7. The molecule has 2 aliphatic rings. The first kappa shape index (κ1) is 23.6. The lowest BCUT2D eigenvalue weighted by Crippen LogP contribution is -2.57. The molecule has 1 saturated carbocycles. The van der Waals surface area contributed by atoms with Gasteiger partial charge in [-0.25, -0.2) is 4.79 Å². The highest BCUT2D eigenvalue weighted by Crippen LogP contribution is 2.44. The van der Waals surface area contributed by atoms with E-state index >= 15 is 0 Å². The molecule has 0 bridgehead atoms. The van der Waals surface area contributed by atoms with Gasteiger partial charge in [-0.15, -0.1) is 0 Å². The van der Waals surface area contributed by atoms with Gasteiger partial charge < -0.3 is 20.5 Å². The van der Waals surface area contributed by atoms with Gasteiger partial charge in [0, 0.05) is 12.5 Å². The molecule has 1 atom stereocenters. The van der Waals surface area contributed by atoms with Crippen LogP contribution < -0.4 is 10.6 Å². The van der Waals surface area contributed by atoms with Gasteiger partial charge in [-0.1, -0.05) is 55.0 Å². The minimum Gasteiger partial charge on any atom is -0.481 e. The molecule has 180 valence electrons. The highest BCUT2D eigenvalue weighted by Gasteiger charge is 2.49. The van der Waals surface area contributed by atoms with Crippen LogP contribution in [0.15, 0.2) is 48.5 Å². The quantitative estimate of drug-likeness (QED) is 0.564. The van der Waals surface area contributed by atoms with Crippen LogP contribution >= 0.6 is 0 Å². The van der Waals surface area contributed by atoms with Crippen molar-refractivity contribution in [1.29, 1.82) is 0 Å². The van der Waals surface area contributed by atoms with E-state index in [0.29, 0.717) is 6.42 Å². The summed E-state index contributed by atoms with van der Waals surface area (Å²) in [6.07, 6.45) is -5.34. The number of hydrogen-bond acceptors (Lipinski definition) is 4. The largest absolute Gasteiger partial charge is 0.481 e. The molecular weight excluding hydrogens is 453 g/mol. The average molecular weight is 476 g/mol. The fraction of sp³-hybridized carbons (Fsp3) is 0.375. The molecule has 0 aliphatic heterocycles. The fourth-order valence-corrected chi connectivity index (χ4v) is 4.48. The minimum atomic E-state index is -5.09. The second-order valence-corrected chi connectivity index (χ2v) is 8.60. The van der Waals surface area contributed by atoms with Gasteiger partial charge in [0.15, 0.2) is 0 Å². The van der Waals surface area contributed by atoms with Gasteiger partial charge in [0.1, 0.15) is 6.61 Å². The van der Waals surface area contributed by atoms with E-state index in [-0.39, 0.29) is 25.4 Å². The lowest BCUT2D eigenvalue weighted by Gasteiger charge is -2.38. The van der Waals surface area contributed by atoms with Gasteiger partial charge in [-0.3, -0.25) is 9.59 Å². The van der Waals surface area contributed by atoms with E-state index in [1.54, 1.807) is 5.32 Å². The summed E-state index contributed by atoms with van der Waals surface area (Å²) in [5.41, 5.74) is 2.43. The van der Waals surface area contributed by atoms with Crippen LogP contribution in [0.1, 0.15) is 36.3 Å². The summed E-state index contributed by atoms with van der Waals surface area (Å²) >= 11 is 0. The van der Waals surface area contributed by atoms with Crippen molar-refractivity contribution in [1.82, 2.24) is 10.6 Å². The molecule has 2 amide bonds. The van der Waals surface area contributed by atoms with E-state index in [1.807, 2.05) is 53.8 Å². The maximum absolute atomic E-state index is 13.5. The van der Waals surface area contributed by atoms with Crippen LogP contribution in [0.4, 0.5) is 18.0 Å². The molecule has 3 N–H and O–H groups in total. The molecule has 2 aromatic carbocycles. The molecule has 7 nitrogen and oxygen atoms in total. The van der Waals surface area contributed by atoms with E-state index in [0.717, 1.165) is 22.3 Å². The van der Waals surface area contributed by atoms with Crippen molar-refractivity contribution in [2.24, 2.45) is 5.41 Å². The number of carbonyl (C=O) groups excluding carboxylic acids is 2. The number of carboxylic acids is 1. The molecule has 0 aromatic heterocycles. The second-order valence-electron chi connectivity index (χ2n) is 8.60. The Hall–Kier alpha value is -3.56. The monoisotopic (exact) mass is 476 g/mol. The van der Waals surface area contributed by atoms with Gasteiger partial charge in [-0.2, -0.15) is 13.2 Å². The zero-order valence-corrected chi connectivity index (χ0v) is 18.0. The highest BCUT2D eigenvalue weighted by molar-refractivity contribution is 5.87. The summed E-state index contributed by atoms with van der Waals surface area (Å²) in [5, 5.41) is 12.9. The number of hydrogen-bond donors (Lipinski definition) is 3. The van der Waals surface area contributed by atoms with Gasteiger partial charge >= 0.3 is 18.2 Å². The smallest absolute Gasteiger partial charge is 0.417 e. The molecule has 2 aliphatic carbocycles. The van der Waals surface area contributed by atoms with Crippen LogP contribution in [0.5, 0.6) is 0 Å². The van der Waals surface area contributed by atoms with Crippen LogP contribution in [0.25, 0.3) is 11.1 Å². The second kappa shape index (κ2) is 9.00. The molecule has 0 heterocycles. The topological polar surface area (TPSA) is 105 Å². The van der Waals surface area contributed by atoms with Crippen molar-refractivity contribution in [3.05, 3.63) is 59.7 Å². The van der Waals surface area contributed by atoms with Gasteiger partial charge in [0.25, 0.3) is 5.91 Å². The molecule has 0 radical (unpaired) electrons. The Balaban J connectivity index is 1.40. The summed E-state index contributed by atoms with van der Waals surface area (Å²) in [6, 6.07) is 12.1. The van der Waals surface area contributed by atoms with Crippen molar-refractivity contribution in [2.75, 3.05) is 13.2 Å². The zero-order chi connectivity index (χ0) is 24.5. The Morgan fingerprint density at radius 2 is 1.59 bits per heavy atom. The molecule has 34 heavy (non-hydrogen) atoms. The third kappa shape index (κ3) is 4.44. The molecule has 1 unspecified atom stereocenters. The third-order valence-corrected chi connectivity index (χ3v) is 6.56. The van der Waals surface area contributed by atoms with E-state index in [1.165, 1.54) is 0 Å². The lowest BCUT2D eigenvalue weighted by molar-refractivity contribution is -0.168. The normalized spacial score (nSPS) is 17.0. The van der Waals surface area contributed by atoms with Gasteiger partial charge in [0.2, 0.25) is 6.04 Å². The fourth-order valence-electron chi connectivity index (χ4n) is 4.48. The first-order valence-electron chi connectivity index (χ1n) is 10.8. The van der Waals surface area contributed by atoms with E-state index in [2.05, 4.69) is 0 Å². The summed E-state index contributed by atoms with van der Waals surface area (Å²) in [5.74, 6) is -3.06. The number of nitrogens with one attached hydrogen (secondary N) is 2. The maximum Gasteiger partial charge on any atom is 0.417 e.